The average molecular weight is 290 g/mol. The summed E-state index contributed by atoms with van der Waals surface area (Å²) in [6, 6.07) is 6.40. The van der Waals surface area contributed by atoms with Crippen LogP contribution in [0, 0.1) is 18.3 Å². The minimum absolute atomic E-state index is 0.123. The van der Waals surface area contributed by atoms with Gasteiger partial charge in [-0.1, -0.05) is 0 Å². The summed E-state index contributed by atoms with van der Waals surface area (Å²) in [5.74, 6) is 0. The molecule has 0 unspecified atom stereocenters. The van der Waals surface area contributed by atoms with E-state index in [4.69, 9.17) is 5.26 Å². The fourth-order valence-corrected chi connectivity index (χ4v) is 2.84. The Labute approximate surface area is 117 Å². The molecule has 0 aliphatic rings. The topological polar surface area (TPSA) is 87.8 Å². The first-order valence-corrected chi connectivity index (χ1v) is 7.50. The monoisotopic (exact) mass is 290 g/mol. The molecule has 0 spiro atoms. The van der Waals surface area contributed by atoms with Crippen molar-refractivity contribution in [2.75, 3.05) is 4.72 Å². The molecule has 1 aromatic heterocycles. The van der Waals surface area contributed by atoms with E-state index in [2.05, 4.69) is 9.82 Å². The molecule has 0 saturated heterocycles. The molecule has 2 rings (SSSR count). The van der Waals surface area contributed by atoms with E-state index in [1.54, 1.807) is 17.8 Å². The van der Waals surface area contributed by atoms with Crippen LogP contribution in [0.3, 0.4) is 0 Å². The lowest BCUT2D eigenvalue weighted by atomic mass is 10.1. The summed E-state index contributed by atoms with van der Waals surface area (Å²) >= 11 is 0. The third kappa shape index (κ3) is 2.81. The van der Waals surface area contributed by atoms with Crippen molar-refractivity contribution < 1.29 is 8.42 Å². The van der Waals surface area contributed by atoms with Crippen LogP contribution in [0.4, 0.5) is 5.69 Å². The fraction of sp³-hybridized carbons (Fsp3) is 0.231. The van der Waals surface area contributed by atoms with Crippen LogP contribution in [-0.4, -0.2) is 18.2 Å². The van der Waals surface area contributed by atoms with Crippen LogP contribution in [0.2, 0.25) is 0 Å². The first kappa shape index (κ1) is 14.1. The van der Waals surface area contributed by atoms with Crippen molar-refractivity contribution >= 4 is 15.7 Å². The fourth-order valence-electron chi connectivity index (χ4n) is 1.73. The molecule has 0 fully saturated rings. The van der Waals surface area contributed by atoms with Crippen LogP contribution in [0.1, 0.15) is 18.1 Å². The second-order valence-electron chi connectivity index (χ2n) is 4.28. The van der Waals surface area contributed by atoms with Gasteiger partial charge in [0.15, 0.2) is 0 Å². The van der Waals surface area contributed by atoms with Gasteiger partial charge in [0.1, 0.15) is 0 Å². The number of aryl methyl sites for hydroxylation is 2. The summed E-state index contributed by atoms with van der Waals surface area (Å²) in [4.78, 5) is 0.123. The van der Waals surface area contributed by atoms with E-state index >= 15 is 0 Å². The molecule has 104 valence electrons. The maximum Gasteiger partial charge on any atom is 0.262 e. The standard InChI is InChI=1S/C13H14N4O2S/c1-3-17-9-12(8-15-17)16-20(18,19)13-5-4-11(7-14)10(2)6-13/h4-6,8-9,16H,3H2,1-2H3. The molecule has 0 bridgehead atoms. The summed E-state index contributed by atoms with van der Waals surface area (Å²) in [5, 5.41) is 12.9. The van der Waals surface area contributed by atoms with E-state index in [1.165, 1.54) is 24.4 Å². The summed E-state index contributed by atoms with van der Waals surface area (Å²) < 4.78 is 28.5. The lowest BCUT2D eigenvalue weighted by Gasteiger charge is -2.07. The molecule has 1 heterocycles. The van der Waals surface area contributed by atoms with E-state index in [-0.39, 0.29) is 4.90 Å². The number of aromatic nitrogens is 2. The molecule has 0 amide bonds. The number of benzene rings is 1. The second-order valence-corrected chi connectivity index (χ2v) is 5.96. The van der Waals surface area contributed by atoms with Crippen molar-refractivity contribution in [3.05, 3.63) is 41.7 Å². The van der Waals surface area contributed by atoms with Gasteiger partial charge in [-0.15, -0.1) is 0 Å². The summed E-state index contributed by atoms with van der Waals surface area (Å²) in [7, 11) is -3.67. The van der Waals surface area contributed by atoms with Crippen molar-refractivity contribution in [1.29, 1.82) is 5.26 Å². The predicted molar refractivity (Wildman–Crippen MR) is 74.6 cm³/mol. The number of anilines is 1. The normalized spacial score (nSPS) is 11.1. The van der Waals surface area contributed by atoms with E-state index in [1.807, 2.05) is 13.0 Å². The minimum atomic E-state index is -3.67. The minimum Gasteiger partial charge on any atom is -0.276 e. The number of nitriles is 1. The number of nitrogens with zero attached hydrogens (tertiary/aromatic N) is 3. The number of hydrogen-bond donors (Lipinski definition) is 1. The molecule has 0 atom stereocenters. The molecule has 20 heavy (non-hydrogen) atoms. The molecular weight excluding hydrogens is 276 g/mol. The zero-order valence-electron chi connectivity index (χ0n) is 11.2. The summed E-state index contributed by atoms with van der Waals surface area (Å²) in [6.07, 6.45) is 3.08. The Morgan fingerprint density at radius 1 is 1.45 bits per heavy atom. The molecule has 6 nitrogen and oxygen atoms in total. The maximum atomic E-state index is 12.2. The zero-order valence-corrected chi connectivity index (χ0v) is 12.0. The van der Waals surface area contributed by atoms with Gasteiger partial charge < -0.3 is 0 Å². The zero-order chi connectivity index (χ0) is 14.8. The van der Waals surface area contributed by atoms with E-state index in [0.29, 0.717) is 23.4 Å². The second kappa shape index (κ2) is 5.35. The van der Waals surface area contributed by atoms with Crippen LogP contribution in [-0.2, 0) is 16.6 Å². The average Bonchev–Trinajstić information content (AvgIpc) is 2.85. The Hall–Kier alpha value is -2.33. The highest BCUT2D eigenvalue weighted by molar-refractivity contribution is 7.92. The van der Waals surface area contributed by atoms with Crippen LogP contribution >= 0.6 is 0 Å². The van der Waals surface area contributed by atoms with Gasteiger partial charge in [0.2, 0.25) is 0 Å². The number of rotatable bonds is 4. The van der Waals surface area contributed by atoms with Gasteiger partial charge in [-0.25, -0.2) is 8.42 Å². The third-order valence-electron chi connectivity index (χ3n) is 2.84. The van der Waals surface area contributed by atoms with Crippen molar-refractivity contribution in [3.8, 4) is 6.07 Å². The highest BCUT2D eigenvalue weighted by Gasteiger charge is 2.16. The van der Waals surface area contributed by atoms with Crippen LogP contribution < -0.4 is 4.72 Å². The number of hydrogen-bond acceptors (Lipinski definition) is 4. The largest absolute Gasteiger partial charge is 0.276 e. The molecule has 2 aromatic rings. The first-order chi connectivity index (χ1) is 9.46. The summed E-state index contributed by atoms with van der Waals surface area (Å²) in [5.41, 5.74) is 1.50. The van der Waals surface area contributed by atoms with Crippen LogP contribution in [0.15, 0.2) is 35.5 Å². The van der Waals surface area contributed by atoms with Gasteiger partial charge in [-0.3, -0.25) is 9.40 Å². The third-order valence-corrected chi connectivity index (χ3v) is 4.22. The lowest BCUT2D eigenvalue weighted by Crippen LogP contribution is -2.12. The van der Waals surface area contributed by atoms with E-state index in [9.17, 15) is 8.42 Å². The predicted octanol–water partition coefficient (Wildman–Crippen LogP) is 1.88. The molecule has 0 saturated carbocycles. The van der Waals surface area contributed by atoms with E-state index in [0.717, 1.165) is 0 Å². The van der Waals surface area contributed by atoms with Crippen LogP contribution in [0.25, 0.3) is 0 Å². The molecule has 0 aliphatic carbocycles. The highest BCUT2D eigenvalue weighted by Crippen LogP contribution is 2.18. The van der Waals surface area contributed by atoms with Crippen molar-refractivity contribution in [2.24, 2.45) is 0 Å². The Balaban J connectivity index is 2.31. The highest BCUT2D eigenvalue weighted by atomic mass is 32.2. The molecule has 0 radical (unpaired) electrons. The van der Waals surface area contributed by atoms with Gasteiger partial charge in [-0.2, -0.15) is 10.4 Å². The van der Waals surface area contributed by atoms with Crippen molar-refractivity contribution in [3.63, 3.8) is 0 Å². The van der Waals surface area contributed by atoms with Gasteiger partial charge in [-0.05, 0) is 37.6 Å². The molecule has 1 aromatic carbocycles. The van der Waals surface area contributed by atoms with Gasteiger partial charge >= 0.3 is 0 Å². The quantitative estimate of drug-likeness (QED) is 0.931. The van der Waals surface area contributed by atoms with Crippen molar-refractivity contribution in [2.45, 2.75) is 25.3 Å². The van der Waals surface area contributed by atoms with Gasteiger partial charge in [0, 0.05) is 12.7 Å². The van der Waals surface area contributed by atoms with Crippen LogP contribution in [0.5, 0.6) is 0 Å². The lowest BCUT2D eigenvalue weighted by molar-refractivity contribution is 0.601. The Morgan fingerprint density at radius 3 is 2.75 bits per heavy atom. The number of nitrogens with one attached hydrogen (secondary N) is 1. The van der Waals surface area contributed by atoms with Gasteiger partial charge in [0.25, 0.3) is 10.0 Å². The smallest absolute Gasteiger partial charge is 0.262 e. The summed E-state index contributed by atoms with van der Waals surface area (Å²) in [6.45, 7) is 4.28. The molecule has 0 aliphatic heterocycles. The van der Waals surface area contributed by atoms with Crippen molar-refractivity contribution in [1.82, 2.24) is 9.78 Å². The SMILES string of the molecule is CCn1cc(NS(=O)(=O)c2ccc(C#N)c(C)c2)cn1. The first-order valence-electron chi connectivity index (χ1n) is 6.02. The molecule has 7 heteroatoms. The Kier molecular flexibility index (Phi) is 3.77. The number of sulfonamides is 1. The Morgan fingerprint density at radius 2 is 2.20 bits per heavy atom. The van der Waals surface area contributed by atoms with E-state index < -0.39 is 10.0 Å². The molecular formula is C13H14N4O2S. The maximum absolute atomic E-state index is 12.2. The van der Waals surface area contributed by atoms with Gasteiger partial charge in [0.05, 0.1) is 28.4 Å². The Bertz CT molecular complexity index is 772. The molecule has 1 N–H and O–H groups in total.